The van der Waals surface area contributed by atoms with Crippen molar-refractivity contribution < 1.29 is 17.0 Å². The van der Waals surface area contributed by atoms with Gasteiger partial charge in [-0.15, -0.1) is 0 Å². The van der Waals surface area contributed by atoms with Crippen LogP contribution in [-0.2, 0) is 17.0 Å². The molecule has 0 N–H and O–H groups in total. The van der Waals surface area contributed by atoms with E-state index in [1.54, 1.807) is 0 Å². The van der Waals surface area contributed by atoms with E-state index in [0.717, 1.165) is 0 Å². The van der Waals surface area contributed by atoms with Crippen molar-refractivity contribution in [3.63, 3.8) is 0 Å². The fraction of sp³-hybridized carbons (Fsp3) is 0.250. The fourth-order valence-electron chi connectivity index (χ4n) is 0.807. The summed E-state index contributed by atoms with van der Waals surface area (Å²) in [4.78, 5) is 0. The third kappa shape index (κ3) is 6.89. The van der Waals surface area contributed by atoms with Crippen LogP contribution in [0.15, 0.2) is 24.3 Å². The molecule has 0 nitrogen and oxygen atoms in total. The van der Waals surface area contributed by atoms with Crippen LogP contribution >= 0.6 is 18.6 Å². The number of halogens is 2. The van der Waals surface area contributed by atoms with Gasteiger partial charge in [0.15, 0.2) is 0 Å². The first-order valence-corrected chi connectivity index (χ1v) is 7.50. The third-order valence-corrected chi connectivity index (χ3v) is 1.17. The van der Waals surface area contributed by atoms with E-state index in [2.05, 4.69) is 38.1 Å². The maximum absolute atomic E-state index is 4.89. The Balaban J connectivity index is 0.000000292. The number of benzene rings is 1. The molecule has 0 bridgehead atoms. The van der Waals surface area contributed by atoms with Crippen molar-refractivity contribution in [2.45, 2.75) is 13.8 Å². The monoisotopic (exact) mass is 224 g/mol. The summed E-state index contributed by atoms with van der Waals surface area (Å²) in [5.41, 5.74) is 2.68. The summed E-state index contributed by atoms with van der Waals surface area (Å²) in [7, 11) is 9.78. The Morgan fingerprint density at radius 3 is 1.64 bits per heavy atom. The van der Waals surface area contributed by atoms with E-state index in [0.29, 0.717) is 0 Å². The SMILES string of the molecule is Cc1cccc(C)c1.[Cl][Ti][Cl]. The molecule has 0 heterocycles. The van der Waals surface area contributed by atoms with Crippen LogP contribution in [-0.4, -0.2) is 0 Å². The molecule has 0 radical (unpaired) electrons. The van der Waals surface area contributed by atoms with Crippen molar-refractivity contribution in [2.24, 2.45) is 0 Å². The van der Waals surface area contributed by atoms with Crippen LogP contribution < -0.4 is 0 Å². The van der Waals surface area contributed by atoms with Gasteiger partial charge in [0.05, 0.1) is 0 Å². The number of hydrogen-bond acceptors (Lipinski definition) is 0. The Hall–Kier alpha value is 0.514. The molecule has 3 heteroatoms. The van der Waals surface area contributed by atoms with Gasteiger partial charge in [0.1, 0.15) is 0 Å². The second-order valence-corrected chi connectivity index (χ2v) is 4.81. The van der Waals surface area contributed by atoms with Crippen molar-refractivity contribution in [3.8, 4) is 0 Å². The van der Waals surface area contributed by atoms with Gasteiger partial charge >= 0.3 is 35.6 Å². The molecule has 0 amide bonds. The summed E-state index contributed by atoms with van der Waals surface area (Å²) < 4.78 is 0. The molecule has 1 aromatic rings. The summed E-state index contributed by atoms with van der Waals surface area (Å²) >= 11 is -0.556. The molecule has 60 valence electrons. The summed E-state index contributed by atoms with van der Waals surface area (Å²) in [6.45, 7) is 4.21. The van der Waals surface area contributed by atoms with Gasteiger partial charge in [0.25, 0.3) is 0 Å². The molecule has 0 fully saturated rings. The summed E-state index contributed by atoms with van der Waals surface area (Å²) in [5.74, 6) is 0. The molecule has 0 saturated carbocycles. The van der Waals surface area contributed by atoms with Gasteiger partial charge in [-0.25, -0.2) is 0 Å². The Bertz CT molecular complexity index is 184. The zero-order valence-corrected chi connectivity index (χ0v) is 9.64. The molecular weight excluding hydrogens is 215 g/mol. The van der Waals surface area contributed by atoms with Crippen LogP contribution in [0.3, 0.4) is 0 Å². The van der Waals surface area contributed by atoms with Crippen LogP contribution in [0.1, 0.15) is 11.1 Å². The predicted octanol–water partition coefficient (Wildman–Crippen LogP) is 3.68. The van der Waals surface area contributed by atoms with E-state index in [4.69, 9.17) is 18.6 Å². The maximum atomic E-state index is 4.89. The summed E-state index contributed by atoms with van der Waals surface area (Å²) in [6.07, 6.45) is 0. The van der Waals surface area contributed by atoms with Gasteiger partial charge in [0.2, 0.25) is 0 Å². The second kappa shape index (κ2) is 7.18. The minimum atomic E-state index is -0.556. The van der Waals surface area contributed by atoms with Crippen molar-refractivity contribution in [3.05, 3.63) is 35.4 Å². The summed E-state index contributed by atoms with van der Waals surface area (Å²) in [5, 5.41) is 0. The van der Waals surface area contributed by atoms with Crippen molar-refractivity contribution in [2.75, 3.05) is 0 Å². The van der Waals surface area contributed by atoms with Crippen molar-refractivity contribution in [1.29, 1.82) is 0 Å². The molecule has 11 heavy (non-hydrogen) atoms. The topological polar surface area (TPSA) is 0 Å². The van der Waals surface area contributed by atoms with Crippen LogP contribution in [0.5, 0.6) is 0 Å². The van der Waals surface area contributed by atoms with Gasteiger partial charge in [-0.2, -0.15) is 0 Å². The molecule has 0 unspecified atom stereocenters. The first-order chi connectivity index (χ1) is 5.20. The molecule has 0 aliphatic heterocycles. The van der Waals surface area contributed by atoms with E-state index in [1.807, 2.05) is 0 Å². The Kier molecular flexibility index (Phi) is 7.51. The molecule has 0 aromatic heterocycles. The van der Waals surface area contributed by atoms with Gasteiger partial charge in [-0.3, -0.25) is 0 Å². The molecule has 1 rings (SSSR count). The van der Waals surface area contributed by atoms with Gasteiger partial charge in [-0.05, 0) is 13.8 Å². The summed E-state index contributed by atoms with van der Waals surface area (Å²) in [6, 6.07) is 8.45. The quantitative estimate of drug-likeness (QED) is 0.590. The average Bonchev–Trinajstić information content (AvgIpc) is 1.88. The van der Waals surface area contributed by atoms with Crippen LogP contribution in [0.4, 0.5) is 0 Å². The van der Waals surface area contributed by atoms with Crippen LogP contribution in [0.25, 0.3) is 0 Å². The Morgan fingerprint density at radius 2 is 1.45 bits per heavy atom. The van der Waals surface area contributed by atoms with Gasteiger partial charge in [-0.1, -0.05) is 35.4 Å². The average molecular weight is 225 g/mol. The van der Waals surface area contributed by atoms with Gasteiger partial charge < -0.3 is 0 Å². The Morgan fingerprint density at radius 1 is 1.09 bits per heavy atom. The molecule has 0 atom stereocenters. The first kappa shape index (κ1) is 11.5. The molecule has 0 spiro atoms. The number of aryl methyl sites for hydroxylation is 2. The predicted molar refractivity (Wildman–Crippen MR) is 47.6 cm³/mol. The molecular formula is C8H10Cl2Ti. The Labute approximate surface area is 84.6 Å². The fourth-order valence-corrected chi connectivity index (χ4v) is 0.807. The normalized spacial score (nSPS) is 8.00. The second-order valence-electron chi connectivity index (χ2n) is 2.23. The molecule has 0 saturated heterocycles. The molecule has 0 aliphatic carbocycles. The van der Waals surface area contributed by atoms with Crippen molar-refractivity contribution >= 4 is 18.6 Å². The van der Waals surface area contributed by atoms with Gasteiger partial charge in [0, 0.05) is 0 Å². The molecule has 1 aromatic carbocycles. The number of hydrogen-bond donors (Lipinski definition) is 0. The van der Waals surface area contributed by atoms with E-state index in [-0.39, 0.29) is 0 Å². The zero-order valence-electron chi connectivity index (χ0n) is 6.57. The molecule has 0 aliphatic rings. The minimum absolute atomic E-state index is 0.556. The van der Waals surface area contributed by atoms with E-state index in [9.17, 15) is 0 Å². The zero-order chi connectivity index (χ0) is 8.69. The van der Waals surface area contributed by atoms with Crippen molar-refractivity contribution in [1.82, 2.24) is 0 Å². The first-order valence-electron chi connectivity index (χ1n) is 3.20. The number of rotatable bonds is 0. The van der Waals surface area contributed by atoms with Crippen LogP contribution in [0.2, 0.25) is 0 Å². The van der Waals surface area contributed by atoms with E-state index >= 15 is 0 Å². The van der Waals surface area contributed by atoms with E-state index in [1.165, 1.54) is 11.1 Å². The van der Waals surface area contributed by atoms with E-state index < -0.39 is 17.0 Å². The van der Waals surface area contributed by atoms with Crippen LogP contribution in [0, 0.1) is 13.8 Å². The standard InChI is InChI=1S/C8H10.2ClH.Ti/c1-7-4-3-5-8(2)6-7;;;/h3-6H,1-2H3;2*1H;/q;;;+2/p-2. The third-order valence-electron chi connectivity index (χ3n) is 1.17.